The SMILES string of the molecule is Nc1ccc(N2CCN3CCC2CC3)cc1C(=O)NC1CC1. The molecule has 118 valence electrons. The molecule has 4 aliphatic rings. The van der Waals surface area contributed by atoms with Gasteiger partial charge in [0.25, 0.3) is 5.91 Å². The number of nitrogens with two attached hydrogens (primary N) is 1. The number of hydrogen-bond donors (Lipinski definition) is 2. The highest BCUT2D eigenvalue weighted by atomic mass is 16.1. The molecule has 1 aromatic rings. The first-order valence-electron chi connectivity index (χ1n) is 8.40. The molecule has 1 saturated carbocycles. The van der Waals surface area contributed by atoms with Crippen molar-refractivity contribution in [2.45, 2.75) is 37.8 Å². The summed E-state index contributed by atoms with van der Waals surface area (Å²) in [5.41, 5.74) is 8.38. The van der Waals surface area contributed by atoms with Crippen LogP contribution in [0.25, 0.3) is 0 Å². The van der Waals surface area contributed by atoms with Crippen LogP contribution in [-0.4, -0.2) is 49.1 Å². The highest BCUT2D eigenvalue weighted by molar-refractivity contribution is 6.00. The van der Waals surface area contributed by atoms with Crippen LogP contribution in [0.5, 0.6) is 0 Å². The fourth-order valence-electron chi connectivity index (χ4n) is 3.64. The topological polar surface area (TPSA) is 61.6 Å². The van der Waals surface area contributed by atoms with E-state index in [2.05, 4.69) is 21.2 Å². The molecule has 3 heterocycles. The van der Waals surface area contributed by atoms with Crippen molar-refractivity contribution in [3.8, 4) is 0 Å². The molecule has 5 rings (SSSR count). The van der Waals surface area contributed by atoms with Crippen LogP contribution >= 0.6 is 0 Å². The van der Waals surface area contributed by atoms with Gasteiger partial charge >= 0.3 is 0 Å². The van der Waals surface area contributed by atoms with Gasteiger partial charge in [-0.15, -0.1) is 0 Å². The number of piperidine rings is 1. The third-order valence-electron chi connectivity index (χ3n) is 5.18. The number of benzene rings is 1. The van der Waals surface area contributed by atoms with Gasteiger partial charge in [-0.25, -0.2) is 0 Å². The van der Waals surface area contributed by atoms with Gasteiger partial charge in [-0.05, 0) is 43.9 Å². The molecule has 1 amide bonds. The number of nitrogens with zero attached hydrogens (tertiary/aromatic N) is 2. The van der Waals surface area contributed by atoms with E-state index < -0.39 is 0 Å². The summed E-state index contributed by atoms with van der Waals surface area (Å²) in [4.78, 5) is 17.4. The van der Waals surface area contributed by atoms with Crippen molar-refractivity contribution in [3.05, 3.63) is 23.8 Å². The fourth-order valence-corrected chi connectivity index (χ4v) is 3.64. The first kappa shape index (κ1) is 13.9. The first-order valence-corrected chi connectivity index (χ1v) is 8.40. The lowest BCUT2D eigenvalue weighted by Gasteiger charge is -2.33. The van der Waals surface area contributed by atoms with Crippen LogP contribution in [0.1, 0.15) is 36.0 Å². The number of carbonyl (C=O) groups excluding carboxylic acids is 1. The Kier molecular flexibility index (Phi) is 3.45. The average Bonchev–Trinajstić information content (AvgIpc) is 3.36. The van der Waals surface area contributed by atoms with Crippen LogP contribution in [0.3, 0.4) is 0 Å². The molecule has 5 heteroatoms. The highest BCUT2D eigenvalue weighted by Crippen LogP contribution is 2.29. The summed E-state index contributed by atoms with van der Waals surface area (Å²) in [5, 5.41) is 3.04. The van der Waals surface area contributed by atoms with E-state index in [9.17, 15) is 4.79 Å². The van der Waals surface area contributed by atoms with Gasteiger partial charge in [0.2, 0.25) is 0 Å². The Morgan fingerprint density at radius 2 is 1.86 bits per heavy atom. The first-order chi connectivity index (χ1) is 10.7. The van der Waals surface area contributed by atoms with Crippen LogP contribution in [0.4, 0.5) is 11.4 Å². The predicted octanol–water partition coefficient (Wildman–Crippen LogP) is 1.45. The lowest BCUT2D eigenvalue weighted by atomic mass is 10.0. The smallest absolute Gasteiger partial charge is 0.253 e. The summed E-state index contributed by atoms with van der Waals surface area (Å²) in [6, 6.07) is 6.89. The van der Waals surface area contributed by atoms with Gasteiger partial charge in [0, 0.05) is 49.6 Å². The molecule has 2 bridgehead atoms. The maximum absolute atomic E-state index is 12.4. The maximum Gasteiger partial charge on any atom is 0.253 e. The molecule has 3 N–H and O–H groups in total. The Balaban J connectivity index is 1.59. The second-order valence-corrected chi connectivity index (χ2v) is 6.79. The zero-order valence-electron chi connectivity index (χ0n) is 12.9. The Morgan fingerprint density at radius 3 is 2.59 bits per heavy atom. The van der Waals surface area contributed by atoms with Crippen LogP contribution in [-0.2, 0) is 0 Å². The normalized spacial score (nSPS) is 27.5. The minimum absolute atomic E-state index is 0.0234. The molecule has 0 aromatic heterocycles. The van der Waals surface area contributed by atoms with E-state index in [0.717, 1.165) is 31.6 Å². The van der Waals surface area contributed by atoms with Gasteiger partial charge in [0.05, 0.1) is 5.56 Å². The summed E-state index contributed by atoms with van der Waals surface area (Å²) in [7, 11) is 0. The number of hydrogen-bond acceptors (Lipinski definition) is 4. The lowest BCUT2D eigenvalue weighted by Crippen LogP contribution is -2.38. The van der Waals surface area contributed by atoms with Gasteiger partial charge in [-0.1, -0.05) is 0 Å². The molecule has 0 spiro atoms. The van der Waals surface area contributed by atoms with Gasteiger partial charge in [-0.3, -0.25) is 4.79 Å². The molecule has 0 unspecified atom stereocenters. The molecule has 0 radical (unpaired) electrons. The van der Waals surface area contributed by atoms with E-state index in [1.165, 1.54) is 25.9 Å². The van der Waals surface area contributed by atoms with Gasteiger partial charge in [-0.2, -0.15) is 0 Å². The molecule has 22 heavy (non-hydrogen) atoms. The van der Waals surface area contributed by atoms with Crippen molar-refractivity contribution < 1.29 is 4.79 Å². The average molecular weight is 300 g/mol. The van der Waals surface area contributed by atoms with Crippen molar-refractivity contribution >= 4 is 17.3 Å². The number of nitrogens with one attached hydrogen (secondary N) is 1. The van der Waals surface area contributed by atoms with Crippen molar-refractivity contribution in [2.24, 2.45) is 0 Å². The minimum atomic E-state index is -0.0234. The molecule has 1 aromatic carbocycles. The number of carbonyl (C=O) groups is 1. The van der Waals surface area contributed by atoms with Crippen LogP contribution in [0, 0.1) is 0 Å². The zero-order chi connectivity index (χ0) is 15.1. The number of rotatable bonds is 3. The van der Waals surface area contributed by atoms with Crippen molar-refractivity contribution in [1.29, 1.82) is 0 Å². The van der Waals surface area contributed by atoms with Crippen molar-refractivity contribution in [2.75, 3.05) is 36.8 Å². The molecule has 4 fully saturated rings. The van der Waals surface area contributed by atoms with Crippen LogP contribution < -0.4 is 16.0 Å². The van der Waals surface area contributed by atoms with Crippen molar-refractivity contribution in [1.82, 2.24) is 10.2 Å². The van der Waals surface area contributed by atoms with Crippen LogP contribution in [0.2, 0.25) is 0 Å². The van der Waals surface area contributed by atoms with E-state index in [1.807, 2.05) is 12.1 Å². The zero-order valence-corrected chi connectivity index (χ0v) is 12.9. The standard InChI is InChI=1S/C17H24N4O/c18-16-4-3-14(11-15(16)17(22)19-12-1-2-12)21-10-9-20-7-5-13(21)6-8-20/h3-4,11-13H,1-2,5-10,18H2,(H,19,22). The Bertz CT molecular complexity index is 576. The third-order valence-corrected chi connectivity index (χ3v) is 5.18. The molecule has 1 aliphatic carbocycles. The Morgan fingerprint density at radius 1 is 1.09 bits per heavy atom. The van der Waals surface area contributed by atoms with Gasteiger partial charge in [0.1, 0.15) is 0 Å². The van der Waals surface area contributed by atoms with E-state index in [1.54, 1.807) is 0 Å². The van der Waals surface area contributed by atoms with Gasteiger partial charge < -0.3 is 20.9 Å². The molecule has 3 saturated heterocycles. The van der Waals surface area contributed by atoms with E-state index in [0.29, 0.717) is 23.3 Å². The number of amides is 1. The minimum Gasteiger partial charge on any atom is -0.398 e. The highest BCUT2D eigenvalue weighted by Gasteiger charge is 2.30. The summed E-state index contributed by atoms with van der Waals surface area (Å²) >= 11 is 0. The van der Waals surface area contributed by atoms with E-state index >= 15 is 0 Å². The third kappa shape index (κ3) is 2.65. The number of anilines is 2. The van der Waals surface area contributed by atoms with Gasteiger partial charge in [0.15, 0.2) is 0 Å². The summed E-state index contributed by atoms with van der Waals surface area (Å²) in [6.07, 6.45) is 4.62. The monoisotopic (exact) mass is 300 g/mol. The lowest BCUT2D eigenvalue weighted by molar-refractivity contribution is 0.0952. The summed E-state index contributed by atoms with van der Waals surface area (Å²) in [6.45, 7) is 4.55. The second kappa shape index (κ2) is 5.47. The molecular formula is C17H24N4O. The predicted molar refractivity (Wildman–Crippen MR) is 88.2 cm³/mol. The molecule has 5 nitrogen and oxygen atoms in total. The van der Waals surface area contributed by atoms with E-state index in [4.69, 9.17) is 5.73 Å². The number of nitrogen functional groups attached to an aromatic ring is 1. The molecular weight excluding hydrogens is 276 g/mol. The fraction of sp³-hybridized carbons (Fsp3) is 0.588. The second-order valence-electron chi connectivity index (χ2n) is 6.79. The Labute approximate surface area is 131 Å². The molecule has 0 atom stereocenters. The molecule has 3 aliphatic heterocycles. The number of fused-ring (bicyclic) bond motifs is 4. The maximum atomic E-state index is 12.4. The summed E-state index contributed by atoms with van der Waals surface area (Å²) < 4.78 is 0. The van der Waals surface area contributed by atoms with E-state index in [-0.39, 0.29) is 5.91 Å². The Hall–Kier alpha value is -1.75. The summed E-state index contributed by atoms with van der Waals surface area (Å²) in [5.74, 6) is -0.0234. The largest absolute Gasteiger partial charge is 0.398 e. The van der Waals surface area contributed by atoms with Crippen molar-refractivity contribution in [3.63, 3.8) is 0 Å². The quantitative estimate of drug-likeness (QED) is 0.829. The van der Waals surface area contributed by atoms with Crippen LogP contribution in [0.15, 0.2) is 18.2 Å².